The Morgan fingerprint density at radius 2 is 1.67 bits per heavy atom. The van der Waals surface area contributed by atoms with Gasteiger partial charge in [0, 0.05) is 4.90 Å². The summed E-state index contributed by atoms with van der Waals surface area (Å²) in [6.07, 6.45) is 0. The minimum absolute atomic E-state index is 1.03. The molecule has 0 radical (unpaired) electrons. The van der Waals surface area contributed by atoms with E-state index >= 15 is 0 Å². The van der Waals surface area contributed by atoms with Gasteiger partial charge in [-0.05, 0) is 26.1 Å². The lowest BCUT2D eigenvalue weighted by molar-refractivity contribution is 1.37. The number of benzene rings is 1. The lowest BCUT2D eigenvalue weighted by atomic mass is 10.2. The summed E-state index contributed by atoms with van der Waals surface area (Å²) >= 11 is 4.15. The van der Waals surface area contributed by atoms with Crippen LogP contribution in [0, 0.1) is 6.92 Å². The van der Waals surface area contributed by atoms with Gasteiger partial charge in [-0.3, -0.25) is 0 Å². The fraction of sp³-hybridized carbons (Fsp3) is 0.400. The Hall–Kier alpha value is -0.470. The van der Waals surface area contributed by atoms with Crippen LogP contribution in [0.3, 0.4) is 0 Å². The molecular weight excluding hydrogens is 166 g/mol. The first-order chi connectivity index (χ1) is 5.79. The van der Waals surface area contributed by atoms with Crippen molar-refractivity contribution in [3.63, 3.8) is 0 Å². The molecule has 0 saturated heterocycles. The van der Waals surface area contributed by atoms with Crippen LogP contribution in [0.5, 0.6) is 0 Å². The molecule has 0 unspecified atom stereocenters. The third-order valence-electron chi connectivity index (χ3n) is 1.00. The Labute approximate surface area is 81.4 Å². The predicted octanol–water partition coefficient (Wildman–Crippen LogP) is 2.88. The number of rotatable bonds is 0. The van der Waals surface area contributed by atoms with Crippen LogP contribution in [0.25, 0.3) is 0 Å². The molecule has 0 heterocycles. The van der Waals surface area contributed by atoms with Crippen molar-refractivity contribution in [3.8, 4) is 0 Å². The van der Waals surface area contributed by atoms with E-state index in [1.54, 1.807) is 0 Å². The normalized spacial score (nSPS) is 7.17. The van der Waals surface area contributed by atoms with Crippen LogP contribution in [0.15, 0.2) is 29.2 Å². The molecule has 0 amide bonds. The molecule has 70 valence electrons. The van der Waals surface area contributed by atoms with Crippen molar-refractivity contribution < 1.29 is 0 Å². The SMILES string of the molecule is CC.CN.Cc1cccc(S)c1. The Balaban J connectivity index is 0. The summed E-state index contributed by atoms with van der Waals surface area (Å²) in [6.45, 7) is 6.06. The third-order valence-corrected chi connectivity index (χ3v) is 1.28. The molecule has 0 bridgehead atoms. The summed E-state index contributed by atoms with van der Waals surface area (Å²) in [4.78, 5) is 1.03. The summed E-state index contributed by atoms with van der Waals surface area (Å²) in [5, 5.41) is 0. The van der Waals surface area contributed by atoms with Crippen molar-refractivity contribution in [1.29, 1.82) is 0 Å². The van der Waals surface area contributed by atoms with E-state index in [2.05, 4.69) is 31.4 Å². The van der Waals surface area contributed by atoms with Crippen LogP contribution in [0.1, 0.15) is 19.4 Å². The number of hydrogen-bond donors (Lipinski definition) is 2. The molecule has 0 spiro atoms. The topological polar surface area (TPSA) is 26.0 Å². The van der Waals surface area contributed by atoms with Gasteiger partial charge in [-0.25, -0.2) is 0 Å². The summed E-state index contributed by atoms with van der Waals surface area (Å²) in [5.41, 5.74) is 5.76. The van der Waals surface area contributed by atoms with Gasteiger partial charge in [0.15, 0.2) is 0 Å². The summed E-state index contributed by atoms with van der Waals surface area (Å²) in [5.74, 6) is 0. The first-order valence-corrected chi connectivity index (χ1v) is 4.57. The molecule has 2 N–H and O–H groups in total. The maximum Gasteiger partial charge on any atom is 0.00426 e. The Bertz CT molecular complexity index is 170. The van der Waals surface area contributed by atoms with Crippen LogP contribution in [0.2, 0.25) is 0 Å². The predicted molar refractivity (Wildman–Crippen MR) is 59.9 cm³/mol. The Morgan fingerprint density at radius 3 is 1.92 bits per heavy atom. The lowest BCUT2D eigenvalue weighted by Gasteiger charge is -1.89. The van der Waals surface area contributed by atoms with Crippen LogP contribution >= 0.6 is 12.6 Å². The molecule has 1 aromatic rings. The number of aryl methyl sites for hydroxylation is 1. The Kier molecular flexibility index (Phi) is 12.4. The van der Waals surface area contributed by atoms with Gasteiger partial charge in [-0.15, -0.1) is 12.6 Å². The van der Waals surface area contributed by atoms with Crippen LogP contribution in [-0.4, -0.2) is 7.05 Å². The zero-order valence-electron chi connectivity index (χ0n) is 8.33. The molecule has 0 aliphatic rings. The standard InChI is InChI=1S/C7H8S.C2H6.CH5N/c1-6-3-2-4-7(8)5-6;2*1-2/h2-5,8H,1H3;1-2H3;2H2,1H3. The first-order valence-electron chi connectivity index (χ1n) is 4.12. The molecule has 1 aromatic carbocycles. The highest BCUT2D eigenvalue weighted by molar-refractivity contribution is 7.80. The highest BCUT2D eigenvalue weighted by Crippen LogP contribution is 2.06. The average molecular weight is 185 g/mol. The average Bonchev–Trinajstić information content (AvgIpc) is 2.11. The molecule has 0 aliphatic carbocycles. The molecule has 0 atom stereocenters. The van der Waals surface area contributed by atoms with E-state index in [0.29, 0.717) is 0 Å². The summed E-state index contributed by atoms with van der Waals surface area (Å²) in [7, 11) is 1.50. The second-order valence-corrected chi connectivity index (χ2v) is 2.36. The zero-order valence-corrected chi connectivity index (χ0v) is 9.23. The van der Waals surface area contributed by atoms with E-state index < -0.39 is 0 Å². The maximum absolute atomic E-state index is 4.50. The highest BCUT2D eigenvalue weighted by Gasteiger charge is 1.81. The van der Waals surface area contributed by atoms with Crippen molar-refractivity contribution >= 4 is 12.6 Å². The van der Waals surface area contributed by atoms with Gasteiger partial charge in [0.05, 0.1) is 0 Å². The monoisotopic (exact) mass is 185 g/mol. The number of nitrogens with two attached hydrogens (primary N) is 1. The smallest absolute Gasteiger partial charge is 0.00426 e. The van der Waals surface area contributed by atoms with Crippen molar-refractivity contribution in [2.75, 3.05) is 7.05 Å². The van der Waals surface area contributed by atoms with Crippen molar-refractivity contribution in [2.45, 2.75) is 25.7 Å². The van der Waals surface area contributed by atoms with Gasteiger partial charge in [0.2, 0.25) is 0 Å². The van der Waals surface area contributed by atoms with Crippen LogP contribution in [-0.2, 0) is 0 Å². The van der Waals surface area contributed by atoms with Gasteiger partial charge in [-0.2, -0.15) is 0 Å². The van der Waals surface area contributed by atoms with Crippen LogP contribution < -0.4 is 5.73 Å². The van der Waals surface area contributed by atoms with Gasteiger partial charge in [0.1, 0.15) is 0 Å². The quantitative estimate of drug-likeness (QED) is 0.597. The van der Waals surface area contributed by atoms with Crippen LogP contribution in [0.4, 0.5) is 0 Å². The largest absolute Gasteiger partial charge is 0.333 e. The Morgan fingerprint density at radius 1 is 1.17 bits per heavy atom. The van der Waals surface area contributed by atoms with Crippen molar-refractivity contribution in [1.82, 2.24) is 0 Å². The molecule has 12 heavy (non-hydrogen) atoms. The minimum Gasteiger partial charge on any atom is -0.333 e. The van der Waals surface area contributed by atoms with E-state index in [1.807, 2.05) is 32.0 Å². The van der Waals surface area contributed by atoms with Gasteiger partial charge in [-0.1, -0.05) is 31.5 Å². The fourth-order valence-electron chi connectivity index (χ4n) is 0.628. The molecule has 1 rings (SSSR count). The second-order valence-electron chi connectivity index (χ2n) is 1.84. The highest BCUT2D eigenvalue weighted by atomic mass is 32.1. The van der Waals surface area contributed by atoms with Gasteiger partial charge >= 0.3 is 0 Å². The second kappa shape index (κ2) is 10.5. The van der Waals surface area contributed by atoms with E-state index in [0.717, 1.165) is 4.90 Å². The first kappa shape index (κ1) is 14.1. The van der Waals surface area contributed by atoms with Crippen molar-refractivity contribution in [3.05, 3.63) is 29.8 Å². The molecule has 0 aliphatic heterocycles. The lowest BCUT2D eigenvalue weighted by Crippen LogP contribution is -1.69. The molecule has 1 nitrogen and oxygen atoms in total. The number of thiol groups is 1. The van der Waals surface area contributed by atoms with Crippen molar-refractivity contribution in [2.24, 2.45) is 5.73 Å². The summed E-state index contributed by atoms with van der Waals surface area (Å²) in [6, 6.07) is 8.05. The van der Waals surface area contributed by atoms with E-state index in [1.165, 1.54) is 12.6 Å². The number of hydrogen-bond acceptors (Lipinski definition) is 2. The molecule has 0 fully saturated rings. The molecular formula is C10H19NS. The maximum atomic E-state index is 4.50. The third kappa shape index (κ3) is 7.63. The molecule has 0 aromatic heterocycles. The fourth-order valence-corrected chi connectivity index (χ4v) is 0.918. The zero-order chi connectivity index (χ0) is 9.98. The van der Waals surface area contributed by atoms with Gasteiger partial charge < -0.3 is 5.73 Å². The van der Waals surface area contributed by atoms with Gasteiger partial charge in [0.25, 0.3) is 0 Å². The van der Waals surface area contributed by atoms with E-state index in [4.69, 9.17) is 0 Å². The molecule has 0 saturated carbocycles. The van der Waals surface area contributed by atoms with E-state index in [9.17, 15) is 0 Å². The van der Waals surface area contributed by atoms with E-state index in [-0.39, 0.29) is 0 Å². The minimum atomic E-state index is 1.03. The summed E-state index contributed by atoms with van der Waals surface area (Å²) < 4.78 is 0. The molecule has 2 heteroatoms.